The van der Waals surface area contributed by atoms with Crippen molar-refractivity contribution in [3.8, 4) is 17.0 Å². The first-order chi connectivity index (χ1) is 9.93. The van der Waals surface area contributed by atoms with Gasteiger partial charge in [-0.15, -0.1) is 0 Å². The minimum atomic E-state index is 0.548. The smallest absolute Gasteiger partial charge is 0.146 e. The molecular weight excluding hydrogens is 246 g/mol. The zero-order chi connectivity index (χ0) is 13.6. The molecule has 0 saturated carbocycles. The van der Waals surface area contributed by atoms with Gasteiger partial charge in [-0.3, -0.25) is 4.98 Å². The third-order valence-electron chi connectivity index (χ3n) is 3.06. The summed E-state index contributed by atoms with van der Waals surface area (Å²) in [4.78, 5) is 4.44. The Labute approximate surface area is 118 Å². The molecule has 0 aliphatic carbocycles. The van der Waals surface area contributed by atoms with Crippen LogP contribution < -0.4 is 4.74 Å². The van der Waals surface area contributed by atoms with Gasteiger partial charge >= 0.3 is 0 Å². The van der Waals surface area contributed by atoms with Crippen LogP contribution >= 0.6 is 0 Å². The summed E-state index contributed by atoms with van der Waals surface area (Å²) in [6, 6.07) is 24.1. The third-order valence-corrected chi connectivity index (χ3v) is 3.06. The van der Waals surface area contributed by atoms with Gasteiger partial charge in [0.15, 0.2) is 0 Å². The lowest BCUT2D eigenvalue weighted by Crippen LogP contribution is -1.97. The number of pyridine rings is 1. The fraction of sp³-hybridized carbons (Fsp3) is 0.0556. The van der Waals surface area contributed by atoms with Crippen LogP contribution in [0.2, 0.25) is 0 Å². The number of hydrogen-bond acceptors (Lipinski definition) is 2. The van der Waals surface area contributed by atoms with E-state index < -0.39 is 0 Å². The molecule has 0 radical (unpaired) electrons. The maximum absolute atomic E-state index is 5.92. The fourth-order valence-electron chi connectivity index (χ4n) is 2.06. The predicted octanol–water partition coefficient (Wildman–Crippen LogP) is 4.33. The lowest BCUT2D eigenvalue weighted by molar-refractivity contribution is 0.306. The molecule has 3 aromatic rings. The van der Waals surface area contributed by atoms with Crippen LogP contribution in [0.5, 0.6) is 5.75 Å². The fourth-order valence-corrected chi connectivity index (χ4v) is 2.06. The van der Waals surface area contributed by atoms with Crippen molar-refractivity contribution in [2.75, 3.05) is 0 Å². The van der Waals surface area contributed by atoms with Gasteiger partial charge in [-0.1, -0.05) is 60.7 Å². The number of benzene rings is 2. The van der Waals surface area contributed by atoms with Crippen LogP contribution in [-0.2, 0) is 6.61 Å². The molecule has 0 unspecified atom stereocenters. The van der Waals surface area contributed by atoms with Crippen molar-refractivity contribution in [1.29, 1.82) is 0 Å². The number of ether oxygens (including phenoxy) is 1. The van der Waals surface area contributed by atoms with Crippen molar-refractivity contribution >= 4 is 0 Å². The number of aromatic nitrogens is 1. The molecule has 2 aromatic carbocycles. The maximum Gasteiger partial charge on any atom is 0.146 e. The summed E-state index contributed by atoms with van der Waals surface area (Å²) < 4.78 is 5.92. The molecule has 0 spiro atoms. The molecule has 0 amide bonds. The lowest BCUT2D eigenvalue weighted by Gasteiger charge is -2.10. The number of hydrogen-bond donors (Lipinski definition) is 0. The van der Waals surface area contributed by atoms with E-state index in [1.807, 2.05) is 60.7 Å². The summed E-state index contributed by atoms with van der Waals surface area (Å²) in [5.41, 5.74) is 3.09. The van der Waals surface area contributed by atoms with E-state index in [2.05, 4.69) is 17.1 Å². The van der Waals surface area contributed by atoms with E-state index in [0.717, 1.165) is 22.6 Å². The number of rotatable bonds is 4. The second-order valence-corrected chi connectivity index (χ2v) is 4.49. The van der Waals surface area contributed by atoms with Crippen LogP contribution in [0.25, 0.3) is 11.3 Å². The van der Waals surface area contributed by atoms with Crippen molar-refractivity contribution < 1.29 is 4.74 Å². The van der Waals surface area contributed by atoms with E-state index in [1.54, 1.807) is 6.20 Å². The van der Waals surface area contributed by atoms with E-state index in [0.29, 0.717) is 6.61 Å². The van der Waals surface area contributed by atoms with E-state index >= 15 is 0 Å². The lowest BCUT2D eigenvalue weighted by atomic mass is 10.1. The third kappa shape index (κ3) is 2.86. The van der Waals surface area contributed by atoms with Crippen molar-refractivity contribution in [3.63, 3.8) is 0 Å². The highest BCUT2D eigenvalue weighted by Crippen LogP contribution is 2.27. The Morgan fingerprint density at radius 3 is 2.20 bits per heavy atom. The molecule has 0 atom stereocenters. The summed E-state index contributed by atoms with van der Waals surface area (Å²) in [6.45, 7) is 0.548. The summed E-state index contributed by atoms with van der Waals surface area (Å²) in [5, 5.41) is 0. The molecule has 98 valence electrons. The molecule has 2 heteroatoms. The van der Waals surface area contributed by atoms with Crippen molar-refractivity contribution in [3.05, 3.63) is 84.6 Å². The first kappa shape index (κ1) is 12.4. The van der Waals surface area contributed by atoms with Crippen LogP contribution in [0.1, 0.15) is 5.56 Å². The van der Waals surface area contributed by atoms with Gasteiger partial charge < -0.3 is 4.74 Å². The summed E-state index contributed by atoms with van der Waals surface area (Å²) in [5.74, 6) is 0.808. The van der Waals surface area contributed by atoms with Gasteiger partial charge in [0.05, 0.1) is 0 Å². The SMILES string of the molecule is c1ccc(COc2cccnc2-c2ccccc2)cc1. The Morgan fingerprint density at radius 2 is 1.45 bits per heavy atom. The molecule has 3 rings (SSSR count). The molecule has 2 nitrogen and oxygen atoms in total. The van der Waals surface area contributed by atoms with Gasteiger partial charge in [-0.25, -0.2) is 0 Å². The second-order valence-electron chi connectivity index (χ2n) is 4.49. The van der Waals surface area contributed by atoms with E-state index in [9.17, 15) is 0 Å². The molecule has 0 fully saturated rings. The van der Waals surface area contributed by atoms with Gasteiger partial charge in [-0.2, -0.15) is 0 Å². The van der Waals surface area contributed by atoms with Crippen LogP contribution in [-0.4, -0.2) is 4.98 Å². The molecule has 0 bridgehead atoms. The van der Waals surface area contributed by atoms with Gasteiger partial charge in [-0.05, 0) is 17.7 Å². The van der Waals surface area contributed by atoms with Gasteiger partial charge in [0.1, 0.15) is 18.1 Å². The average molecular weight is 261 g/mol. The molecule has 0 N–H and O–H groups in total. The van der Waals surface area contributed by atoms with Crippen LogP contribution in [0.4, 0.5) is 0 Å². The van der Waals surface area contributed by atoms with Gasteiger partial charge in [0, 0.05) is 11.8 Å². The Balaban J connectivity index is 1.84. The second kappa shape index (κ2) is 6.02. The highest BCUT2D eigenvalue weighted by molar-refractivity contribution is 5.65. The molecule has 1 heterocycles. The summed E-state index contributed by atoms with van der Waals surface area (Å²) in [7, 11) is 0. The molecule has 0 aliphatic heterocycles. The highest BCUT2D eigenvalue weighted by atomic mass is 16.5. The first-order valence-electron chi connectivity index (χ1n) is 6.60. The summed E-state index contributed by atoms with van der Waals surface area (Å²) >= 11 is 0. The topological polar surface area (TPSA) is 22.1 Å². The van der Waals surface area contributed by atoms with Crippen LogP contribution in [0.3, 0.4) is 0 Å². The average Bonchev–Trinajstić information content (AvgIpc) is 2.55. The van der Waals surface area contributed by atoms with Gasteiger partial charge in [0.25, 0.3) is 0 Å². The first-order valence-corrected chi connectivity index (χ1v) is 6.60. The van der Waals surface area contributed by atoms with Crippen molar-refractivity contribution in [2.24, 2.45) is 0 Å². The van der Waals surface area contributed by atoms with Crippen LogP contribution in [0.15, 0.2) is 79.0 Å². The molecule has 0 aliphatic rings. The van der Waals surface area contributed by atoms with Gasteiger partial charge in [0.2, 0.25) is 0 Å². The molecule has 1 aromatic heterocycles. The Bertz CT molecular complexity index is 665. The molecular formula is C18H15NO. The predicted molar refractivity (Wildman–Crippen MR) is 80.4 cm³/mol. The van der Waals surface area contributed by atoms with Crippen molar-refractivity contribution in [2.45, 2.75) is 6.61 Å². The Morgan fingerprint density at radius 1 is 0.750 bits per heavy atom. The largest absolute Gasteiger partial charge is 0.487 e. The minimum absolute atomic E-state index is 0.548. The monoisotopic (exact) mass is 261 g/mol. The molecule has 0 saturated heterocycles. The van der Waals surface area contributed by atoms with E-state index in [4.69, 9.17) is 4.74 Å². The minimum Gasteiger partial charge on any atom is -0.487 e. The van der Waals surface area contributed by atoms with Crippen LogP contribution in [0, 0.1) is 0 Å². The summed E-state index contributed by atoms with van der Waals surface area (Å²) in [6.07, 6.45) is 1.79. The normalized spacial score (nSPS) is 10.2. The molecule has 20 heavy (non-hydrogen) atoms. The Hall–Kier alpha value is -2.61. The zero-order valence-corrected chi connectivity index (χ0v) is 11.1. The van der Waals surface area contributed by atoms with E-state index in [1.165, 1.54) is 0 Å². The van der Waals surface area contributed by atoms with Crippen molar-refractivity contribution in [1.82, 2.24) is 4.98 Å². The number of nitrogens with zero attached hydrogens (tertiary/aromatic N) is 1. The highest BCUT2D eigenvalue weighted by Gasteiger charge is 2.06. The zero-order valence-electron chi connectivity index (χ0n) is 11.1. The quantitative estimate of drug-likeness (QED) is 0.697. The maximum atomic E-state index is 5.92. The van der Waals surface area contributed by atoms with E-state index in [-0.39, 0.29) is 0 Å². The standard InChI is InChI=1S/C18H15NO/c1-3-8-15(9-4-1)14-20-17-12-7-13-19-18(17)16-10-5-2-6-11-16/h1-13H,14H2. The Kier molecular flexibility index (Phi) is 3.74.